The molecule has 0 saturated carbocycles. The van der Waals surface area contributed by atoms with Crippen LogP contribution in [0.3, 0.4) is 0 Å². The van der Waals surface area contributed by atoms with Crippen molar-refractivity contribution in [3.63, 3.8) is 0 Å². The molecule has 3 atom stereocenters. The van der Waals surface area contributed by atoms with E-state index in [1.807, 2.05) is 6.92 Å². The highest BCUT2D eigenvalue weighted by Crippen LogP contribution is 2.42. The molecule has 0 spiro atoms. The smallest absolute Gasteiger partial charge is 0.333 e. The minimum absolute atomic E-state index is 0.184. The number of fused-ring (bicyclic) bond motifs is 1. The van der Waals surface area contributed by atoms with Crippen molar-refractivity contribution in [3.05, 3.63) is 15.8 Å². The summed E-state index contributed by atoms with van der Waals surface area (Å²) >= 11 is 0. The van der Waals surface area contributed by atoms with Crippen molar-refractivity contribution in [2.75, 3.05) is 24.5 Å². The molecule has 0 bridgehead atoms. The van der Waals surface area contributed by atoms with Crippen LogP contribution in [0, 0.1) is 28.9 Å². The van der Waals surface area contributed by atoms with Crippen LogP contribution < -0.4 is 10.2 Å². The van der Waals surface area contributed by atoms with E-state index in [9.17, 15) is 10.1 Å². The molecule has 3 unspecified atom stereocenters. The number of aromatic nitrogens is 2. The molecule has 7 heteroatoms. The van der Waals surface area contributed by atoms with Crippen molar-refractivity contribution in [2.24, 2.45) is 11.8 Å². The highest BCUT2D eigenvalue weighted by Gasteiger charge is 2.46. The molecular weight excluding hydrogens is 270 g/mol. The van der Waals surface area contributed by atoms with Crippen LogP contribution in [0.5, 0.6) is 0 Å². The van der Waals surface area contributed by atoms with Gasteiger partial charge >= 0.3 is 5.69 Å². The lowest BCUT2D eigenvalue weighted by molar-refractivity contribution is -0.384. The molecule has 3 rings (SSSR count). The van der Waals surface area contributed by atoms with Gasteiger partial charge < -0.3 is 10.2 Å². The normalized spacial score (nSPS) is 28.1. The average Bonchev–Trinajstić information content (AvgIpc) is 3.08. The van der Waals surface area contributed by atoms with Gasteiger partial charge in [0.15, 0.2) is 0 Å². The first-order valence-corrected chi connectivity index (χ1v) is 7.77. The summed E-state index contributed by atoms with van der Waals surface area (Å²) in [5.41, 5.74) is 0.699. The molecule has 7 nitrogen and oxygen atoms in total. The molecule has 21 heavy (non-hydrogen) atoms. The number of hydrogen-bond acceptors (Lipinski definition) is 5. The molecule has 2 aliphatic rings. The first-order chi connectivity index (χ1) is 10.1. The van der Waals surface area contributed by atoms with Crippen molar-refractivity contribution >= 4 is 11.5 Å². The van der Waals surface area contributed by atoms with Crippen LogP contribution in [0.4, 0.5) is 11.5 Å². The Morgan fingerprint density at radius 2 is 2.19 bits per heavy atom. The van der Waals surface area contributed by atoms with Crippen molar-refractivity contribution < 1.29 is 4.92 Å². The number of nitro groups is 1. The average molecular weight is 293 g/mol. The third-order valence-electron chi connectivity index (χ3n) is 4.96. The van der Waals surface area contributed by atoms with E-state index in [4.69, 9.17) is 0 Å². The SMILES string of the molecule is CCC1C2CNCC2CN1c1c([N+](=O)[O-])c(C)nn1CC. The molecule has 1 aromatic heterocycles. The van der Waals surface area contributed by atoms with E-state index >= 15 is 0 Å². The lowest BCUT2D eigenvalue weighted by atomic mass is 9.93. The van der Waals surface area contributed by atoms with Crippen molar-refractivity contribution in [3.8, 4) is 0 Å². The Morgan fingerprint density at radius 1 is 1.43 bits per heavy atom. The van der Waals surface area contributed by atoms with Gasteiger partial charge in [-0.25, -0.2) is 4.68 Å². The Hall–Kier alpha value is -1.63. The van der Waals surface area contributed by atoms with Gasteiger partial charge in [-0.3, -0.25) is 10.1 Å². The van der Waals surface area contributed by atoms with Crippen LogP contribution in [0.15, 0.2) is 0 Å². The van der Waals surface area contributed by atoms with Gasteiger partial charge in [0.05, 0.1) is 4.92 Å². The van der Waals surface area contributed by atoms with E-state index < -0.39 is 0 Å². The van der Waals surface area contributed by atoms with Gasteiger partial charge in [-0.05, 0) is 32.1 Å². The largest absolute Gasteiger partial charge is 0.347 e. The topological polar surface area (TPSA) is 76.2 Å². The standard InChI is InChI=1S/C14H23N5O2/c1-4-12-11-7-15-6-10(11)8-17(12)14-13(19(20)21)9(3)16-18(14)5-2/h10-12,15H,4-8H2,1-3H3. The fourth-order valence-corrected chi connectivity index (χ4v) is 4.07. The van der Waals surface area contributed by atoms with Crippen LogP contribution in [-0.2, 0) is 6.54 Å². The molecule has 116 valence electrons. The zero-order valence-electron chi connectivity index (χ0n) is 12.9. The Kier molecular flexibility index (Phi) is 3.61. The number of aryl methyl sites for hydroxylation is 2. The summed E-state index contributed by atoms with van der Waals surface area (Å²) in [4.78, 5) is 13.5. The lowest BCUT2D eigenvalue weighted by Gasteiger charge is -2.28. The maximum atomic E-state index is 11.5. The Balaban J connectivity index is 2.05. The third-order valence-corrected chi connectivity index (χ3v) is 4.96. The fourth-order valence-electron chi connectivity index (χ4n) is 4.07. The van der Waals surface area contributed by atoms with E-state index in [0.717, 1.165) is 26.1 Å². The second kappa shape index (κ2) is 5.29. The van der Waals surface area contributed by atoms with Crippen LogP contribution in [0.25, 0.3) is 0 Å². The van der Waals surface area contributed by atoms with E-state index in [1.165, 1.54) is 0 Å². The monoisotopic (exact) mass is 293 g/mol. The van der Waals surface area contributed by atoms with Crippen molar-refractivity contribution in [2.45, 2.75) is 39.8 Å². The highest BCUT2D eigenvalue weighted by molar-refractivity contribution is 5.63. The van der Waals surface area contributed by atoms with Crippen LogP contribution in [-0.4, -0.2) is 40.4 Å². The Morgan fingerprint density at radius 3 is 2.81 bits per heavy atom. The molecule has 2 aliphatic heterocycles. The van der Waals surface area contributed by atoms with Gasteiger partial charge in [-0.1, -0.05) is 6.92 Å². The molecule has 1 aromatic rings. The molecular formula is C14H23N5O2. The molecule has 2 fully saturated rings. The molecule has 3 heterocycles. The molecule has 2 saturated heterocycles. The first-order valence-electron chi connectivity index (χ1n) is 7.77. The Bertz CT molecular complexity index is 556. The van der Waals surface area contributed by atoms with Gasteiger partial charge in [0.2, 0.25) is 5.82 Å². The number of nitrogens with zero attached hydrogens (tertiary/aromatic N) is 4. The number of hydrogen-bond donors (Lipinski definition) is 1. The Labute approximate surface area is 124 Å². The summed E-state index contributed by atoms with van der Waals surface area (Å²) in [6, 6.07) is 0.366. The van der Waals surface area contributed by atoms with E-state index in [0.29, 0.717) is 35.9 Å². The summed E-state index contributed by atoms with van der Waals surface area (Å²) in [7, 11) is 0. The summed E-state index contributed by atoms with van der Waals surface area (Å²) in [5.74, 6) is 1.89. The maximum absolute atomic E-state index is 11.5. The third kappa shape index (κ3) is 2.10. The minimum atomic E-state index is -0.275. The lowest BCUT2D eigenvalue weighted by Crippen LogP contribution is -2.36. The van der Waals surface area contributed by atoms with Gasteiger partial charge in [-0.2, -0.15) is 5.10 Å². The highest BCUT2D eigenvalue weighted by atomic mass is 16.6. The fraction of sp³-hybridized carbons (Fsp3) is 0.786. The van der Waals surface area contributed by atoms with Gasteiger partial charge in [0.1, 0.15) is 5.69 Å². The molecule has 1 N–H and O–H groups in total. The van der Waals surface area contributed by atoms with Crippen LogP contribution in [0.2, 0.25) is 0 Å². The van der Waals surface area contributed by atoms with E-state index in [-0.39, 0.29) is 10.6 Å². The second-order valence-electron chi connectivity index (χ2n) is 6.04. The van der Waals surface area contributed by atoms with Gasteiger partial charge in [0.25, 0.3) is 0 Å². The van der Waals surface area contributed by atoms with Crippen molar-refractivity contribution in [1.29, 1.82) is 0 Å². The van der Waals surface area contributed by atoms with Crippen LogP contribution >= 0.6 is 0 Å². The predicted molar refractivity (Wildman–Crippen MR) is 80.6 cm³/mol. The van der Waals surface area contributed by atoms with Crippen LogP contribution in [0.1, 0.15) is 26.0 Å². The second-order valence-corrected chi connectivity index (χ2v) is 6.04. The van der Waals surface area contributed by atoms with Crippen molar-refractivity contribution in [1.82, 2.24) is 15.1 Å². The molecule has 0 radical (unpaired) electrons. The van der Waals surface area contributed by atoms with Gasteiger partial charge in [0, 0.05) is 32.2 Å². The summed E-state index contributed by atoms with van der Waals surface area (Å²) < 4.78 is 1.80. The summed E-state index contributed by atoms with van der Waals surface area (Å²) in [6.07, 6.45) is 1.01. The van der Waals surface area contributed by atoms with E-state index in [1.54, 1.807) is 11.6 Å². The molecule has 0 aromatic carbocycles. The summed E-state index contributed by atoms with van der Waals surface area (Å²) in [5, 5.41) is 19.3. The van der Waals surface area contributed by atoms with Gasteiger partial charge in [-0.15, -0.1) is 0 Å². The maximum Gasteiger partial charge on any atom is 0.333 e. The minimum Gasteiger partial charge on any atom is -0.347 e. The zero-order valence-corrected chi connectivity index (χ0v) is 12.9. The molecule has 0 aliphatic carbocycles. The summed E-state index contributed by atoms with van der Waals surface area (Å²) in [6.45, 7) is 9.47. The zero-order chi connectivity index (χ0) is 15.1. The quantitative estimate of drug-likeness (QED) is 0.673. The predicted octanol–water partition coefficient (Wildman–Crippen LogP) is 1.55. The first kappa shape index (κ1) is 14.3. The molecule has 0 amide bonds. The number of anilines is 1. The van der Waals surface area contributed by atoms with E-state index in [2.05, 4.69) is 22.2 Å². The number of nitrogens with one attached hydrogen (secondary N) is 1. The number of rotatable bonds is 4.